The number of hydrogen-bond acceptors (Lipinski definition) is 5. The first-order valence-corrected chi connectivity index (χ1v) is 10.8. The number of nitrogens with zero attached hydrogens (tertiary/aromatic N) is 2. The number of anilines is 1. The van der Waals surface area contributed by atoms with Gasteiger partial charge in [0.1, 0.15) is 5.76 Å². The van der Waals surface area contributed by atoms with E-state index in [4.69, 9.17) is 4.74 Å². The molecule has 0 aliphatic carbocycles. The van der Waals surface area contributed by atoms with Crippen LogP contribution in [-0.4, -0.2) is 54.4 Å². The number of likely N-dealkylation sites (tertiary alicyclic amines) is 1. The predicted octanol–water partition coefficient (Wildman–Crippen LogP) is 3.06. The van der Waals surface area contributed by atoms with Crippen LogP contribution in [0.5, 0.6) is 0 Å². The maximum absolute atomic E-state index is 14.1. The highest BCUT2D eigenvalue weighted by atomic mass is 16.5. The van der Waals surface area contributed by atoms with Crippen molar-refractivity contribution < 1.29 is 24.2 Å². The molecule has 0 saturated carbocycles. The molecular weight excluding hydrogens is 408 g/mol. The van der Waals surface area contributed by atoms with E-state index in [0.29, 0.717) is 42.8 Å². The lowest BCUT2D eigenvalue weighted by Crippen LogP contribution is -2.52. The van der Waals surface area contributed by atoms with Crippen molar-refractivity contribution in [2.24, 2.45) is 0 Å². The molecule has 7 nitrogen and oxygen atoms in total. The Morgan fingerprint density at radius 1 is 1.00 bits per heavy atom. The summed E-state index contributed by atoms with van der Waals surface area (Å²) in [6, 6.07) is 15.7. The first-order chi connectivity index (χ1) is 15.5. The zero-order valence-electron chi connectivity index (χ0n) is 18.2. The number of benzene rings is 2. The van der Waals surface area contributed by atoms with Gasteiger partial charge in [-0.3, -0.25) is 14.4 Å². The van der Waals surface area contributed by atoms with Crippen molar-refractivity contribution in [3.8, 4) is 0 Å². The van der Waals surface area contributed by atoms with Crippen molar-refractivity contribution in [3.63, 3.8) is 0 Å². The van der Waals surface area contributed by atoms with Gasteiger partial charge in [-0.05, 0) is 18.9 Å². The fourth-order valence-electron chi connectivity index (χ4n) is 4.72. The molecule has 1 fully saturated rings. The lowest BCUT2D eigenvalue weighted by atomic mass is 9.82. The number of aliphatic hydroxyl groups excluding tert-OH is 1. The van der Waals surface area contributed by atoms with Crippen molar-refractivity contribution in [3.05, 3.63) is 71.3 Å². The Morgan fingerprint density at radius 2 is 1.69 bits per heavy atom. The summed E-state index contributed by atoms with van der Waals surface area (Å²) < 4.78 is 5.13. The van der Waals surface area contributed by atoms with Crippen LogP contribution in [0.1, 0.15) is 30.9 Å². The summed E-state index contributed by atoms with van der Waals surface area (Å²) in [6.45, 7) is 2.90. The topological polar surface area (TPSA) is 87.2 Å². The standard InChI is InChI=1S/C25H26N2O5/c1-3-14-26-19-13-8-7-12-18(19)25(24(26)31)20(21(28)17-10-5-4-6-11-17)22(29)23(30)27(25)15-9-16-32-2/h4-8,10-13,28H,3,9,14-16H2,1-2H3/t25-/m1/s1. The lowest BCUT2D eigenvalue weighted by molar-refractivity contribution is -0.143. The number of amides is 2. The molecule has 2 aromatic carbocycles. The van der Waals surface area contributed by atoms with Crippen LogP contribution < -0.4 is 4.90 Å². The van der Waals surface area contributed by atoms with Gasteiger partial charge < -0.3 is 19.6 Å². The molecule has 1 atom stereocenters. The molecule has 2 heterocycles. The minimum Gasteiger partial charge on any atom is -0.507 e. The first kappa shape index (κ1) is 21.8. The van der Waals surface area contributed by atoms with Crippen LogP contribution in [0.25, 0.3) is 5.76 Å². The molecule has 1 spiro atoms. The van der Waals surface area contributed by atoms with Gasteiger partial charge in [-0.15, -0.1) is 0 Å². The van der Waals surface area contributed by atoms with Crippen molar-refractivity contribution in [1.29, 1.82) is 0 Å². The summed E-state index contributed by atoms with van der Waals surface area (Å²) in [6.07, 6.45) is 1.14. The van der Waals surface area contributed by atoms with E-state index in [1.807, 2.05) is 19.1 Å². The number of carbonyl (C=O) groups excluding carboxylic acids is 3. The number of methoxy groups -OCH3 is 1. The number of ketones is 1. The lowest BCUT2D eigenvalue weighted by Gasteiger charge is -2.34. The van der Waals surface area contributed by atoms with Crippen LogP contribution in [-0.2, 0) is 24.7 Å². The fourth-order valence-corrected chi connectivity index (χ4v) is 4.72. The molecule has 1 N–H and O–H groups in total. The summed E-state index contributed by atoms with van der Waals surface area (Å²) in [7, 11) is 1.55. The summed E-state index contributed by atoms with van der Waals surface area (Å²) in [4.78, 5) is 43.6. The van der Waals surface area contributed by atoms with E-state index >= 15 is 0 Å². The average Bonchev–Trinajstić information content (AvgIpc) is 3.19. The van der Waals surface area contributed by atoms with Gasteiger partial charge in [0.15, 0.2) is 5.54 Å². The van der Waals surface area contributed by atoms with E-state index in [1.54, 1.807) is 54.5 Å². The number of rotatable bonds is 7. The molecule has 0 bridgehead atoms. The van der Waals surface area contributed by atoms with Crippen LogP contribution in [0.3, 0.4) is 0 Å². The van der Waals surface area contributed by atoms with Gasteiger partial charge in [-0.25, -0.2) is 0 Å². The molecule has 2 aliphatic rings. The number of hydrogen-bond donors (Lipinski definition) is 1. The van der Waals surface area contributed by atoms with Gasteiger partial charge in [-0.1, -0.05) is 55.5 Å². The number of para-hydroxylation sites is 1. The molecule has 4 rings (SSSR count). The second-order valence-electron chi connectivity index (χ2n) is 7.91. The largest absolute Gasteiger partial charge is 0.507 e. The molecule has 32 heavy (non-hydrogen) atoms. The highest BCUT2D eigenvalue weighted by Crippen LogP contribution is 2.53. The van der Waals surface area contributed by atoms with E-state index in [1.165, 1.54) is 4.90 Å². The van der Waals surface area contributed by atoms with Gasteiger partial charge in [0.25, 0.3) is 17.6 Å². The summed E-state index contributed by atoms with van der Waals surface area (Å²) in [5.41, 5.74) is -0.319. The quantitative estimate of drug-likeness (QED) is 0.313. The van der Waals surface area contributed by atoms with Gasteiger partial charge in [0.05, 0.1) is 11.3 Å². The van der Waals surface area contributed by atoms with E-state index < -0.39 is 23.1 Å². The second-order valence-corrected chi connectivity index (χ2v) is 7.91. The second kappa shape index (κ2) is 8.59. The molecule has 0 aromatic heterocycles. The smallest absolute Gasteiger partial charge is 0.296 e. The third-order valence-corrected chi connectivity index (χ3v) is 6.03. The van der Waals surface area contributed by atoms with Crippen molar-refractivity contribution in [2.75, 3.05) is 31.7 Å². The Hall–Kier alpha value is -3.45. The van der Waals surface area contributed by atoms with Crippen molar-refractivity contribution in [2.45, 2.75) is 25.3 Å². The SMILES string of the molecule is CCCN1C(=O)[C@]2(C(=C(O)c3ccccc3)C(=O)C(=O)N2CCCOC)c2ccccc21. The first-order valence-electron chi connectivity index (χ1n) is 10.8. The number of fused-ring (bicyclic) bond motifs is 2. The number of aliphatic hydroxyl groups is 1. The van der Waals surface area contributed by atoms with Crippen LogP contribution >= 0.6 is 0 Å². The van der Waals surface area contributed by atoms with Crippen LogP contribution in [0.15, 0.2) is 60.2 Å². The predicted molar refractivity (Wildman–Crippen MR) is 120 cm³/mol. The van der Waals surface area contributed by atoms with E-state index in [-0.39, 0.29) is 17.9 Å². The molecule has 2 aromatic rings. The molecule has 0 radical (unpaired) electrons. The Balaban J connectivity index is 2.02. The minimum absolute atomic E-state index is 0.143. The fraction of sp³-hybridized carbons (Fsp3) is 0.320. The minimum atomic E-state index is -1.70. The summed E-state index contributed by atoms with van der Waals surface area (Å²) in [5, 5.41) is 11.3. The van der Waals surface area contributed by atoms with Crippen molar-refractivity contribution in [1.82, 2.24) is 4.90 Å². The van der Waals surface area contributed by atoms with Gasteiger partial charge in [-0.2, -0.15) is 0 Å². The van der Waals surface area contributed by atoms with Crippen molar-refractivity contribution >= 4 is 29.0 Å². The highest BCUT2D eigenvalue weighted by Gasteiger charge is 2.66. The Morgan fingerprint density at radius 3 is 2.38 bits per heavy atom. The van der Waals surface area contributed by atoms with E-state index in [0.717, 1.165) is 0 Å². The van der Waals surface area contributed by atoms with Crippen LogP contribution in [0.2, 0.25) is 0 Å². The van der Waals surface area contributed by atoms with Gasteiger partial charge in [0.2, 0.25) is 0 Å². The van der Waals surface area contributed by atoms with Crippen LogP contribution in [0, 0.1) is 0 Å². The maximum Gasteiger partial charge on any atom is 0.296 e. The molecule has 1 saturated heterocycles. The number of carbonyl (C=O) groups is 3. The third kappa shape index (κ3) is 3.04. The number of ether oxygens (including phenoxy) is 1. The molecule has 7 heteroatoms. The normalized spacial score (nSPS) is 21.6. The molecule has 0 unspecified atom stereocenters. The molecule has 166 valence electrons. The van der Waals surface area contributed by atoms with Gasteiger partial charge in [0, 0.05) is 37.9 Å². The van der Waals surface area contributed by atoms with Gasteiger partial charge >= 0.3 is 0 Å². The van der Waals surface area contributed by atoms with E-state index in [2.05, 4.69) is 0 Å². The molecule has 2 amide bonds. The monoisotopic (exact) mass is 434 g/mol. The van der Waals surface area contributed by atoms with Crippen LogP contribution in [0.4, 0.5) is 5.69 Å². The Labute approximate surface area is 186 Å². The maximum atomic E-state index is 14.1. The zero-order valence-corrected chi connectivity index (χ0v) is 18.2. The highest BCUT2D eigenvalue weighted by molar-refractivity contribution is 6.50. The average molecular weight is 434 g/mol. The van der Waals surface area contributed by atoms with E-state index in [9.17, 15) is 19.5 Å². The number of Topliss-reactive ketones (excluding diaryl/α,β-unsaturated/α-hetero) is 1. The zero-order chi connectivity index (χ0) is 22.9. The molecule has 2 aliphatic heterocycles. The Bertz CT molecular complexity index is 1090. The third-order valence-electron chi connectivity index (χ3n) is 6.03. The Kier molecular flexibility index (Phi) is 5.84. The summed E-state index contributed by atoms with van der Waals surface area (Å²) in [5.74, 6) is -2.39. The summed E-state index contributed by atoms with van der Waals surface area (Å²) >= 11 is 0. The molecular formula is C25H26N2O5.